The lowest BCUT2D eigenvalue weighted by Crippen LogP contribution is -2.08. The van der Waals surface area contributed by atoms with Gasteiger partial charge in [0.1, 0.15) is 0 Å². The Labute approximate surface area is 109 Å². The first-order valence-corrected chi connectivity index (χ1v) is 6.61. The largest absolute Gasteiger partial charge is 0.411 e. The zero-order chi connectivity index (χ0) is 12.3. The minimum absolute atomic E-state index is 0.136. The summed E-state index contributed by atoms with van der Waals surface area (Å²) in [5.41, 5.74) is 2.12. The van der Waals surface area contributed by atoms with Gasteiger partial charge >= 0.3 is 0 Å². The standard InChI is InChI=1S/C12H16BrNOS/c1-8-5-10(13)6-9(7-14-15)11(8)16-12(2,3)4/h5-7,15H,1-4H3/b14-7+. The summed E-state index contributed by atoms with van der Waals surface area (Å²) in [4.78, 5) is 1.16. The van der Waals surface area contributed by atoms with E-state index in [1.54, 1.807) is 11.8 Å². The summed E-state index contributed by atoms with van der Waals surface area (Å²) >= 11 is 5.22. The molecule has 88 valence electrons. The third-order valence-electron chi connectivity index (χ3n) is 1.87. The van der Waals surface area contributed by atoms with Gasteiger partial charge in [-0.1, -0.05) is 41.9 Å². The van der Waals surface area contributed by atoms with E-state index in [0.29, 0.717) is 0 Å². The number of halogens is 1. The van der Waals surface area contributed by atoms with Crippen molar-refractivity contribution in [1.82, 2.24) is 0 Å². The van der Waals surface area contributed by atoms with E-state index < -0.39 is 0 Å². The fourth-order valence-corrected chi connectivity index (χ4v) is 3.01. The Morgan fingerprint density at radius 3 is 2.50 bits per heavy atom. The quantitative estimate of drug-likeness (QED) is 0.379. The number of aryl methyl sites for hydroxylation is 1. The number of hydrogen-bond donors (Lipinski definition) is 1. The second kappa shape index (κ2) is 5.23. The highest BCUT2D eigenvalue weighted by molar-refractivity contribution is 9.10. The molecular weight excluding hydrogens is 286 g/mol. The number of oxime groups is 1. The predicted octanol–water partition coefficient (Wildman–Crippen LogP) is 4.46. The van der Waals surface area contributed by atoms with Crippen LogP contribution in [0.5, 0.6) is 0 Å². The van der Waals surface area contributed by atoms with Crippen LogP contribution in [0.4, 0.5) is 0 Å². The molecule has 0 amide bonds. The van der Waals surface area contributed by atoms with Crippen LogP contribution in [0.1, 0.15) is 31.9 Å². The highest BCUT2D eigenvalue weighted by Crippen LogP contribution is 2.37. The number of thioether (sulfide) groups is 1. The maximum Gasteiger partial charge on any atom is 0.0745 e. The summed E-state index contributed by atoms with van der Waals surface area (Å²) in [6.45, 7) is 8.56. The van der Waals surface area contributed by atoms with E-state index >= 15 is 0 Å². The molecule has 0 aliphatic carbocycles. The van der Waals surface area contributed by atoms with Crippen LogP contribution in [-0.4, -0.2) is 16.2 Å². The molecule has 0 radical (unpaired) electrons. The number of benzene rings is 1. The zero-order valence-electron chi connectivity index (χ0n) is 9.91. The zero-order valence-corrected chi connectivity index (χ0v) is 12.3. The topological polar surface area (TPSA) is 32.6 Å². The Hall–Kier alpha value is -0.480. The molecule has 2 nitrogen and oxygen atoms in total. The van der Waals surface area contributed by atoms with Gasteiger partial charge in [0.05, 0.1) is 6.21 Å². The second-order valence-electron chi connectivity index (χ2n) is 4.60. The van der Waals surface area contributed by atoms with Crippen molar-refractivity contribution in [2.24, 2.45) is 5.16 Å². The molecule has 4 heteroatoms. The summed E-state index contributed by atoms with van der Waals surface area (Å²) < 4.78 is 1.13. The third-order valence-corrected chi connectivity index (χ3v) is 3.71. The average Bonchev–Trinajstić information content (AvgIpc) is 2.10. The molecule has 1 N–H and O–H groups in total. The molecular formula is C12H16BrNOS. The Balaban J connectivity index is 3.24. The van der Waals surface area contributed by atoms with Gasteiger partial charge in [0.15, 0.2) is 0 Å². The summed E-state index contributed by atoms with van der Waals surface area (Å²) in [7, 11) is 0. The van der Waals surface area contributed by atoms with Crippen molar-refractivity contribution in [2.45, 2.75) is 37.3 Å². The highest BCUT2D eigenvalue weighted by atomic mass is 79.9. The summed E-state index contributed by atoms with van der Waals surface area (Å²) in [6.07, 6.45) is 1.48. The molecule has 0 unspecified atom stereocenters. The maximum absolute atomic E-state index is 8.67. The van der Waals surface area contributed by atoms with E-state index in [0.717, 1.165) is 14.9 Å². The van der Waals surface area contributed by atoms with E-state index in [-0.39, 0.29) is 4.75 Å². The summed E-state index contributed by atoms with van der Waals surface area (Å²) in [5.74, 6) is 0. The molecule has 0 aliphatic heterocycles. The van der Waals surface area contributed by atoms with Crippen LogP contribution < -0.4 is 0 Å². The molecule has 16 heavy (non-hydrogen) atoms. The normalized spacial score (nSPS) is 12.3. The smallest absolute Gasteiger partial charge is 0.0745 e. The first-order chi connectivity index (χ1) is 7.33. The van der Waals surface area contributed by atoms with Crippen molar-refractivity contribution in [3.8, 4) is 0 Å². The minimum Gasteiger partial charge on any atom is -0.411 e. The molecule has 1 rings (SSSR count). The van der Waals surface area contributed by atoms with Crippen molar-refractivity contribution in [3.05, 3.63) is 27.7 Å². The van der Waals surface area contributed by atoms with Crippen LogP contribution >= 0.6 is 27.7 Å². The first kappa shape index (κ1) is 13.6. The maximum atomic E-state index is 8.67. The predicted molar refractivity (Wildman–Crippen MR) is 73.9 cm³/mol. The van der Waals surface area contributed by atoms with Gasteiger partial charge in [-0.2, -0.15) is 0 Å². The summed E-state index contributed by atoms with van der Waals surface area (Å²) in [6, 6.07) is 4.03. The van der Waals surface area contributed by atoms with Crippen LogP contribution in [0.15, 0.2) is 26.7 Å². The van der Waals surface area contributed by atoms with Crippen molar-refractivity contribution in [3.63, 3.8) is 0 Å². The van der Waals surface area contributed by atoms with Gasteiger partial charge in [0.2, 0.25) is 0 Å². The van der Waals surface area contributed by atoms with Gasteiger partial charge in [-0.25, -0.2) is 0 Å². The lowest BCUT2D eigenvalue weighted by atomic mass is 10.1. The Morgan fingerprint density at radius 2 is 2.00 bits per heavy atom. The Kier molecular flexibility index (Phi) is 4.44. The lowest BCUT2D eigenvalue weighted by Gasteiger charge is -2.20. The average molecular weight is 302 g/mol. The molecule has 0 aromatic heterocycles. The molecule has 0 aliphatic rings. The molecule has 0 fully saturated rings. The number of hydrogen-bond acceptors (Lipinski definition) is 3. The molecule has 0 heterocycles. The molecule has 0 bridgehead atoms. The van der Waals surface area contributed by atoms with Crippen molar-refractivity contribution < 1.29 is 5.21 Å². The van der Waals surface area contributed by atoms with Crippen LogP contribution in [-0.2, 0) is 0 Å². The summed E-state index contributed by atoms with van der Waals surface area (Å²) in [5, 5.41) is 11.8. The monoisotopic (exact) mass is 301 g/mol. The fourth-order valence-electron chi connectivity index (χ4n) is 1.36. The van der Waals surface area contributed by atoms with E-state index in [1.165, 1.54) is 11.8 Å². The SMILES string of the molecule is Cc1cc(Br)cc(/C=N/O)c1SC(C)(C)C. The van der Waals surface area contributed by atoms with Gasteiger partial charge < -0.3 is 5.21 Å². The van der Waals surface area contributed by atoms with E-state index in [1.807, 2.05) is 6.07 Å². The van der Waals surface area contributed by atoms with Crippen LogP contribution in [0.2, 0.25) is 0 Å². The van der Waals surface area contributed by atoms with Crippen molar-refractivity contribution in [1.29, 1.82) is 0 Å². The van der Waals surface area contributed by atoms with E-state index in [9.17, 15) is 0 Å². The molecule has 1 aromatic carbocycles. The number of rotatable bonds is 2. The van der Waals surface area contributed by atoms with Crippen LogP contribution in [0.25, 0.3) is 0 Å². The minimum atomic E-state index is 0.136. The molecule has 0 saturated heterocycles. The van der Waals surface area contributed by atoms with E-state index in [4.69, 9.17) is 5.21 Å². The van der Waals surface area contributed by atoms with Crippen LogP contribution in [0, 0.1) is 6.92 Å². The van der Waals surface area contributed by atoms with Gasteiger partial charge in [-0.3, -0.25) is 0 Å². The first-order valence-electron chi connectivity index (χ1n) is 5.00. The molecule has 0 atom stereocenters. The van der Waals surface area contributed by atoms with Crippen molar-refractivity contribution in [2.75, 3.05) is 0 Å². The third kappa shape index (κ3) is 3.83. The van der Waals surface area contributed by atoms with Crippen LogP contribution in [0.3, 0.4) is 0 Å². The van der Waals surface area contributed by atoms with Gasteiger partial charge in [0, 0.05) is 19.7 Å². The molecule has 1 aromatic rings. The van der Waals surface area contributed by atoms with Gasteiger partial charge in [-0.05, 0) is 24.6 Å². The second-order valence-corrected chi connectivity index (χ2v) is 7.35. The van der Waals surface area contributed by atoms with Gasteiger partial charge in [0.25, 0.3) is 0 Å². The molecule has 0 saturated carbocycles. The van der Waals surface area contributed by atoms with Gasteiger partial charge in [-0.15, -0.1) is 11.8 Å². The Morgan fingerprint density at radius 1 is 1.38 bits per heavy atom. The number of nitrogens with zero attached hydrogens (tertiary/aromatic N) is 1. The fraction of sp³-hybridized carbons (Fsp3) is 0.417. The van der Waals surface area contributed by atoms with Crippen molar-refractivity contribution >= 4 is 33.9 Å². The highest BCUT2D eigenvalue weighted by Gasteiger charge is 2.16. The Bertz CT molecular complexity index is 410. The molecule has 0 spiro atoms. The lowest BCUT2D eigenvalue weighted by molar-refractivity contribution is 0.321. The van der Waals surface area contributed by atoms with E-state index in [2.05, 4.69) is 54.8 Å².